The molecule has 3 aliphatic rings. The molecule has 5 rings (SSSR count). The lowest BCUT2D eigenvalue weighted by Gasteiger charge is -2.31. The largest absolute Gasteiger partial charge is 0.480 e. The van der Waals surface area contributed by atoms with Crippen LogP contribution in [0.5, 0.6) is 0 Å². The van der Waals surface area contributed by atoms with Crippen LogP contribution in [0, 0.1) is 0 Å². The molecule has 1 saturated carbocycles. The molecule has 0 bridgehead atoms. The van der Waals surface area contributed by atoms with Crippen molar-refractivity contribution < 1.29 is 14.6 Å². The molecule has 2 unspecified atom stereocenters. The van der Waals surface area contributed by atoms with Crippen molar-refractivity contribution in [3.8, 4) is 0 Å². The van der Waals surface area contributed by atoms with E-state index in [0.29, 0.717) is 19.1 Å². The van der Waals surface area contributed by atoms with E-state index in [2.05, 4.69) is 27.3 Å². The average molecular weight is 465 g/mol. The fraction of sp³-hybridized carbons (Fsp3) is 0.593. The molecule has 1 aliphatic carbocycles. The SMILES string of the molecule is O=C(O)C(c1cccnc1C1CCC1)N1CCC(OCCCCc2ccc3c(n2)NCCC3)C1. The molecule has 1 saturated heterocycles. The summed E-state index contributed by atoms with van der Waals surface area (Å²) in [7, 11) is 0. The number of nitrogens with zero attached hydrogens (tertiary/aromatic N) is 3. The van der Waals surface area contributed by atoms with Gasteiger partial charge in [-0.05, 0) is 69.1 Å². The van der Waals surface area contributed by atoms with Gasteiger partial charge in [0.15, 0.2) is 0 Å². The monoisotopic (exact) mass is 464 g/mol. The Bertz CT molecular complexity index is 994. The van der Waals surface area contributed by atoms with Gasteiger partial charge in [0, 0.05) is 55.3 Å². The number of fused-ring (bicyclic) bond motifs is 1. The normalized spacial score (nSPS) is 21.5. The summed E-state index contributed by atoms with van der Waals surface area (Å²) in [6.45, 7) is 3.13. The fourth-order valence-electron chi connectivity index (χ4n) is 5.46. The number of aliphatic carboxylic acids is 1. The molecule has 0 radical (unpaired) electrons. The number of nitrogens with one attached hydrogen (secondary N) is 1. The topological polar surface area (TPSA) is 87.6 Å². The summed E-state index contributed by atoms with van der Waals surface area (Å²) in [5, 5.41) is 13.5. The zero-order valence-corrected chi connectivity index (χ0v) is 19.9. The van der Waals surface area contributed by atoms with Gasteiger partial charge in [-0.25, -0.2) is 4.98 Å². The number of carbonyl (C=O) groups is 1. The molecule has 2 atom stereocenters. The molecule has 2 fully saturated rings. The molecule has 2 aromatic heterocycles. The number of likely N-dealkylation sites (tertiary alicyclic amines) is 1. The standard InChI is InChI=1S/C27H36N4O3/c32-27(33)25(23-10-5-14-28-24(23)19-6-3-7-19)31-16-13-22(18-31)34-17-2-1-9-21-12-11-20-8-4-15-29-26(20)30-21/h5,10-12,14,19,22,25H,1-4,6-9,13,15-18H2,(H,29,30)(H,32,33). The lowest BCUT2D eigenvalue weighted by molar-refractivity contribution is -0.143. The second kappa shape index (κ2) is 10.8. The summed E-state index contributed by atoms with van der Waals surface area (Å²) in [6.07, 6.45) is 11.5. The lowest BCUT2D eigenvalue weighted by Crippen LogP contribution is -2.35. The van der Waals surface area contributed by atoms with Gasteiger partial charge < -0.3 is 15.2 Å². The van der Waals surface area contributed by atoms with Gasteiger partial charge in [-0.1, -0.05) is 18.6 Å². The van der Waals surface area contributed by atoms with Crippen LogP contribution in [0.3, 0.4) is 0 Å². The van der Waals surface area contributed by atoms with Crippen LogP contribution in [0.25, 0.3) is 0 Å². The van der Waals surface area contributed by atoms with Gasteiger partial charge in [0.1, 0.15) is 11.9 Å². The smallest absolute Gasteiger partial charge is 0.325 e. The highest BCUT2D eigenvalue weighted by atomic mass is 16.5. The Hall–Kier alpha value is -2.51. The number of carboxylic acids is 1. The Morgan fingerprint density at radius 3 is 2.94 bits per heavy atom. The number of aryl methyl sites for hydroxylation is 2. The van der Waals surface area contributed by atoms with Crippen molar-refractivity contribution in [3.63, 3.8) is 0 Å². The summed E-state index contributed by atoms with van der Waals surface area (Å²) in [5.74, 6) is 0.683. The van der Waals surface area contributed by atoms with E-state index in [4.69, 9.17) is 9.72 Å². The third kappa shape index (κ3) is 5.26. The molecule has 2 aliphatic heterocycles. The second-order valence-corrected chi connectivity index (χ2v) is 9.92. The minimum atomic E-state index is -0.790. The quantitative estimate of drug-likeness (QED) is 0.506. The van der Waals surface area contributed by atoms with Crippen LogP contribution >= 0.6 is 0 Å². The number of pyridine rings is 2. The number of hydrogen-bond donors (Lipinski definition) is 2. The van der Waals surface area contributed by atoms with E-state index in [-0.39, 0.29) is 6.10 Å². The molecular formula is C27H36N4O3. The van der Waals surface area contributed by atoms with Crippen molar-refractivity contribution in [3.05, 3.63) is 53.0 Å². The maximum atomic E-state index is 12.3. The predicted molar refractivity (Wildman–Crippen MR) is 131 cm³/mol. The van der Waals surface area contributed by atoms with Gasteiger partial charge in [-0.15, -0.1) is 0 Å². The number of unbranched alkanes of at least 4 members (excludes halogenated alkanes) is 1. The minimum absolute atomic E-state index is 0.0942. The van der Waals surface area contributed by atoms with Crippen LogP contribution in [-0.4, -0.2) is 58.3 Å². The molecular weight excluding hydrogens is 428 g/mol. The van der Waals surface area contributed by atoms with Crippen LogP contribution in [0.1, 0.15) is 79.4 Å². The first-order chi connectivity index (χ1) is 16.7. The fourth-order valence-corrected chi connectivity index (χ4v) is 5.46. The molecule has 4 heterocycles. The zero-order valence-electron chi connectivity index (χ0n) is 19.9. The third-order valence-corrected chi connectivity index (χ3v) is 7.57. The summed E-state index contributed by atoms with van der Waals surface area (Å²) >= 11 is 0. The Labute approximate surface area is 201 Å². The number of carboxylic acid groups (broad SMARTS) is 1. The van der Waals surface area contributed by atoms with E-state index >= 15 is 0 Å². The Morgan fingerprint density at radius 1 is 1.21 bits per heavy atom. The maximum absolute atomic E-state index is 12.3. The number of anilines is 1. The average Bonchev–Trinajstić information content (AvgIpc) is 3.27. The first-order valence-corrected chi connectivity index (χ1v) is 12.9. The minimum Gasteiger partial charge on any atom is -0.480 e. The van der Waals surface area contributed by atoms with E-state index in [9.17, 15) is 9.90 Å². The van der Waals surface area contributed by atoms with Crippen molar-refractivity contribution in [1.82, 2.24) is 14.9 Å². The molecule has 0 aromatic carbocycles. The molecule has 7 heteroatoms. The summed E-state index contributed by atoms with van der Waals surface area (Å²) < 4.78 is 6.15. The molecule has 0 spiro atoms. The summed E-state index contributed by atoms with van der Waals surface area (Å²) in [5.41, 5.74) is 4.32. The van der Waals surface area contributed by atoms with Gasteiger partial charge in [-0.2, -0.15) is 0 Å². The molecule has 34 heavy (non-hydrogen) atoms. The van der Waals surface area contributed by atoms with Crippen molar-refractivity contribution in [1.29, 1.82) is 0 Å². The number of aromatic nitrogens is 2. The first-order valence-electron chi connectivity index (χ1n) is 12.9. The predicted octanol–water partition coefficient (Wildman–Crippen LogP) is 4.34. The van der Waals surface area contributed by atoms with Crippen molar-refractivity contribution in [2.75, 3.05) is 31.6 Å². The van der Waals surface area contributed by atoms with Crippen molar-refractivity contribution in [2.45, 2.75) is 75.9 Å². The zero-order chi connectivity index (χ0) is 23.3. The highest BCUT2D eigenvalue weighted by molar-refractivity contribution is 5.76. The molecule has 0 amide bonds. The molecule has 2 N–H and O–H groups in total. The Kier molecular flexibility index (Phi) is 7.40. The summed E-state index contributed by atoms with van der Waals surface area (Å²) in [4.78, 5) is 23.7. The second-order valence-electron chi connectivity index (χ2n) is 9.92. The van der Waals surface area contributed by atoms with E-state index in [1.807, 2.05) is 12.1 Å². The molecule has 182 valence electrons. The highest BCUT2D eigenvalue weighted by Gasteiger charge is 2.37. The van der Waals surface area contributed by atoms with Gasteiger partial charge in [0.2, 0.25) is 0 Å². The van der Waals surface area contributed by atoms with E-state index in [1.54, 1.807) is 6.20 Å². The van der Waals surface area contributed by atoms with E-state index in [1.165, 1.54) is 18.4 Å². The number of rotatable bonds is 10. The molecule has 2 aromatic rings. The number of ether oxygens (including phenoxy) is 1. The van der Waals surface area contributed by atoms with E-state index < -0.39 is 12.0 Å². The van der Waals surface area contributed by atoms with Crippen molar-refractivity contribution in [2.24, 2.45) is 0 Å². The van der Waals surface area contributed by atoms with Gasteiger partial charge in [-0.3, -0.25) is 14.7 Å². The van der Waals surface area contributed by atoms with E-state index in [0.717, 1.165) is 80.8 Å². The highest BCUT2D eigenvalue weighted by Crippen LogP contribution is 2.40. The van der Waals surface area contributed by atoms with Gasteiger partial charge in [0.05, 0.1) is 6.10 Å². The lowest BCUT2D eigenvalue weighted by atomic mass is 9.80. The first kappa shape index (κ1) is 23.2. The van der Waals surface area contributed by atoms with Crippen LogP contribution in [0.2, 0.25) is 0 Å². The third-order valence-electron chi connectivity index (χ3n) is 7.57. The van der Waals surface area contributed by atoms with Crippen LogP contribution in [0.4, 0.5) is 5.82 Å². The maximum Gasteiger partial charge on any atom is 0.325 e. The van der Waals surface area contributed by atoms with Crippen LogP contribution in [0.15, 0.2) is 30.5 Å². The van der Waals surface area contributed by atoms with Crippen LogP contribution in [-0.2, 0) is 22.4 Å². The number of hydrogen-bond acceptors (Lipinski definition) is 6. The van der Waals surface area contributed by atoms with Crippen LogP contribution < -0.4 is 5.32 Å². The Morgan fingerprint density at radius 2 is 2.12 bits per heavy atom. The van der Waals surface area contributed by atoms with Gasteiger partial charge >= 0.3 is 5.97 Å². The van der Waals surface area contributed by atoms with Gasteiger partial charge in [0.25, 0.3) is 0 Å². The Balaban J connectivity index is 1.09. The van der Waals surface area contributed by atoms with Crippen molar-refractivity contribution >= 4 is 11.8 Å². The summed E-state index contributed by atoms with van der Waals surface area (Å²) in [6, 6.07) is 7.55. The molecule has 7 nitrogen and oxygen atoms in total.